The molecule has 2 atom stereocenters. The van der Waals surface area contributed by atoms with E-state index in [1.54, 1.807) is 7.11 Å². The van der Waals surface area contributed by atoms with Crippen molar-refractivity contribution in [1.82, 2.24) is 9.80 Å². The minimum Gasteiger partial charge on any atom is -0.497 e. The van der Waals surface area contributed by atoms with Crippen molar-refractivity contribution in [2.75, 3.05) is 40.4 Å². The summed E-state index contributed by atoms with van der Waals surface area (Å²) in [6.07, 6.45) is 3.06. The second kappa shape index (κ2) is 6.73. The molecule has 2 heterocycles. The number of carbonyl (C=O) groups excluding carboxylic acids is 1. The molecule has 0 radical (unpaired) electrons. The van der Waals surface area contributed by atoms with Crippen LogP contribution in [0.25, 0.3) is 0 Å². The Bertz CT molecular complexity index is 619. The van der Waals surface area contributed by atoms with Crippen molar-refractivity contribution in [2.24, 2.45) is 5.41 Å². The zero-order valence-corrected chi connectivity index (χ0v) is 14.9. The van der Waals surface area contributed by atoms with Gasteiger partial charge in [-0.15, -0.1) is 0 Å². The summed E-state index contributed by atoms with van der Waals surface area (Å²) in [5.74, 6) is 0.856. The molecule has 132 valence electrons. The van der Waals surface area contributed by atoms with Gasteiger partial charge in [0.1, 0.15) is 5.75 Å². The molecule has 2 aliphatic heterocycles. The first-order chi connectivity index (χ1) is 11.5. The van der Waals surface area contributed by atoms with E-state index < -0.39 is 0 Å². The highest BCUT2D eigenvalue weighted by Crippen LogP contribution is 2.41. The zero-order valence-electron chi connectivity index (χ0n) is 14.9. The Kier molecular flexibility index (Phi) is 4.83. The van der Waals surface area contributed by atoms with Gasteiger partial charge in [-0.2, -0.15) is 0 Å². The van der Waals surface area contributed by atoms with E-state index in [2.05, 4.69) is 11.9 Å². The second-order valence-corrected chi connectivity index (χ2v) is 7.30. The molecule has 0 bridgehead atoms. The topological polar surface area (TPSA) is 53.0 Å². The summed E-state index contributed by atoms with van der Waals surface area (Å²) in [6, 6.07) is 5.85. The van der Waals surface area contributed by atoms with Crippen molar-refractivity contribution >= 4 is 5.91 Å². The molecule has 2 saturated heterocycles. The third kappa shape index (κ3) is 2.91. The van der Waals surface area contributed by atoms with Crippen molar-refractivity contribution in [3.63, 3.8) is 0 Å². The number of benzene rings is 1. The summed E-state index contributed by atoms with van der Waals surface area (Å²) in [6.45, 7) is 4.61. The van der Waals surface area contributed by atoms with Crippen LogP contribution in [0.1, 0.15) is 35.2 Å². The maximum atomic E-state index is 13.0. The number of amides is 1. The highest BCUT2D eigenvalue weighted by atomic mass is 16.5. The van der Waals surface area contributed by atoms with Gasteiger partial charge in [0.25, 0.3) is 5.91 Å². The average molecular weight is 332 g/mol. The molecule has 5 heteroatoms. The number of likely N-dealkylation sites (tertiary alicyclic amines) is 2. The van der Waals surface area contributed by atoms with Crippen LogP contribution in [-0.2, 0) is 0 Å². The largest absolute Gasteiger partial charge is 0.497 e. The summed E-state index contributed by atoms with van der Waals surface area (Å²) >= 11 is 0. The quantitative estimate of drug-likeness (QED) is 0.919. The first kappa shape index (κ1) is 17.2. The fraction of sp³-hybridized carbons (Fsp3) is 0.632. The number of aryl methyl sites for hydroxylation is 1. The number of aliphatic hydroxyl groups is 1. The predicted octanol–water partition coefficient (Wildman–Crippen LogP) is 1.92. The van der Waals surface area contributed by atoms with E-state index in [1.165, 1.54) is 0 Å². The Labute approximate surface area is 144 Å². The summed E-state index contributed by atoms with van der Waals surface area (Å²) in [5.41, 5.74) is 1.64. The molecule has 0 unspecified atom stereocenters. The predicted molar refractivity (Wildman–Crippen MR) is 93.4 cm³/mol. The van der Waals surface area contributed by atoms with Crippen molar-refractivity contribution in [1.29, 1.82) is 0 Å². The number of rotatable bonds is 3. The minimum absolute atomic E-state index is 0.0429. The third-order valence-corrected chi connectivity index (χ3v) is 5.96. The van der Waals surface area contributed by atoms with Gasteiger partial charge in [-0.05, 0) is 63.5 Å². The lowest BCUT2D eigenvalue weighted by Gasteiger charge is -2.53. The van der Waals surface area contributed by atoms with Crippen molar-refractivity contribution < 1.29 is 14.6 Å². The van der Waals surface area contributed by atoms with Gasteiger partial charge in [-0.25, -0.2) is 0 Å². The van der Waals surface area contributed by atoms with Gasteiger partial charge >= 0.3 is 0 Å². The lowest BCUT2D eigenvalue weighted by molar-refractivity contribution is -0.0601. The maximum absolute atomic E-state index is 13.0. The molecule has 0 spiro atoms. The van der Waals surface area contributed by atoms with Crippen LogP contribution in [0.4, 0.5) is 0 Å². The van der Waals surface area contributed by atoms with Gasteiger partial charge in [-0.1, -0.05) is 0 Å². The standard InChI is InChI=1S/C19H28N2O3/c1-14-11-15(24-3)5-6-16(14)18(23)21-10-8-19(13-22)7-4-9-20(2)17(19)12-21/h5-6,11,17,22H,4,7-10,12-13H2,1-3H3/t17-,19-/m1/s1. The Hall–Kier alpha value is -1.59. The molecule has 5 nitrogen and oxygen atoms in total. The van der Waals surface area contributed by atoms with Gasteiger partial charge in [0.15, 0.2) is 0 Å². The first-order valence-corrected chi connectivity index (χ1v) is 8.76. The fourth-order valence-electron chi connectivity index (χ4n) is 4.37. The summed E-state index contributed by atoms with van der Waals surface area (Å²) in [5, 5.41) is 9.99. The van der Waals surface area contributed by atoms with Crippen molar-refractivity contribution in [2.45, 2.75) is 32.2 Å². The van der Waals surface area contributed by atoms with E-state index in [9.17, 15) is 9.90 Å². The zero-order chi connectivity index (χ0) is 17.3. The number of methoxy groups -OCH3 is 1. The number of hydrogen-bond donors (Lipinski definition) is 1. The lowest BCUT2D eigenvalue weighted by atomic mass is 9.69. The molecule has 0 saturated carbocycles. The smallest absolute Gasteiger partial charge is 0.254 e. The van der Waals surface area contributed by atoms with E-state index in [0.717, 1.165) is 49.2 Å². The van der Waals surface area contributed by atoms with Crippen molar-refractivity contribution in [3.05, 3.63) is 29.3 Å². The molecule has 2 aliphatic rings. The number of piperidine rings is 2. The molecule has 0 aliphatic carbocycles. The molecule has 3 rings (SSSR count). The Balaban J connectivity index is 1.80. The fourth-order valence-corrected chi connectivity index (χ4v) is 4.37. The number of nitrogens with zero attached hydrogens (tertiary/aromatic N) is 2. The van der Waals surface area contributed by atoms with Gasteiger partial charge in [0, 0.05) is 30.1 Å². The molecule has 1 aromatic rings. The highest BCUT2D eigenvalue weighted by Gasteiger charge is 2.47. The minimum atomic E-state index is -0.0429. The summed E-state index contributed by atoms with van der Waals surface area (Å²) < 4.78 is 5.23. The van der Waals surface area contributed by atoms with Crippen LogP contribution in [-0.4, -0.2) is 67.3 Å². The molecular formula is C19H28N2O3. The van der Waals surface area contributed by atoms with Crippen LogP contribution >= 0.6 is 0 Å². The van der Waals surface area contributed by atoms with Crippen LogP contribution < -0.4 is 4.74 Å². The van der Waals surface area contributed by atoms with E-state index in [-0.39, 0.29) is 24.0 Å². The van der Waals surface area contributed by atoms with Crippen LogP contribution in [0.15, 0.2) is 18.2 Å². The normalized spacial score (nSPS) is 27.7. The van der Waals surface area contributed by atoms with Gasteiger partial charge in [0.2, 0.25) is 0 Å². The molecular weight excluding hydrogens is 304 g/mol. The molecule has 2 fully saturated rings. The summed E-state index contributed by atoms with van der Waals surface area (Å²) in [7, 11) is 3.75. The Morgan fingerprint density at radius 3 is 2.83 bits per heavy atom. The number of hydrogen-bond acceptors (Lipinski definition) is 4. The van der Waals surface area contributed by atoms with E-state index in [0.29, 0.717) is 6.54 Å². The molecule has 1 N–H and O–H groups in total. The number of ether oxygens (including phenoxy) is 1. The van der Waals surface area contributed by atoms with Crippen LogP contribution in [0, 0.1) is 12.3 Å². The average Bonchev–Trinajstić information content (AvgIpc) is 2.61. The Morgan fingerprint density at radius 1 is 1.38 bits per heavy atom. The SMILES string of the molecule is COc1ccc(C(=O)N2CC[C@@]3(CO)CCCN(C)[C@@H]3C2)c(C)c1. The highest BCUT2D eigenvalue weighted by molar-refractivity contribution is 5.96. The van der Waals surface area contributed by atoms with Crippen LogP contribution in [0.2, 0.25) is 0 Å². The van der Waals surface area contributed by atoms with E-state index >= 15 is 0 Å². The van der Waals surface area contributed by atoms with Crippen LogP contribution in [0.3, 0.4) is 0 Å². The molecule has 1 amide bonds. The number of fused-ring (bicyclic) bond motifs is 1. The number of carbonyl (C=O) groups is 1. The second-order valence-electron chi connectivity index (χ2n) is 7.30. The first-order valence-electron chi connectivity index (χ1n) is 8.76. The lowest BCUT2D eigenvalue weighted by Crippen LogP contribution is -2.62. The van der Waals surface area contributed by atoms with E-state index in [4.69, 9.17) is 4.74 Å². The van der Waals surface area contributed by atoms with Gasteiger partial charge in [-0.3, -0.25) is 4.79 Å². The molecule has 0 aromatic heterocycles. The monoisotopic (exact) mass is 332 g/mol. The third-order valence-electron chi connectivity index (χ3n) is 5.96. The number of aliphatic hydroxyl groups excluding tert-OH is 1. The summed E-state index contributed by atoms with van der Waals surface area (Å²) in [4.78, 5) is 17.3. The molecule has 24 heavy (non-hydrogen) atoms. The van der Waals surface area contributed by atoms with Crippen molar-refractivity contribution in [3.8, 4) is 5.75 Å². The number of likely N-dealkylation sites (N-methyl/N-ethyl adjacent to an activating group) is 1. The Morgan fingerprint density at radius 2 is 2.17 bits per heavy atom. The van der Waals surface area contributed by atoms with Gasteiger partial charge < -0.3 is 19.6 Å². The molecule has 1 aromatic carbocycles. The van der Waals surface area contributed by atoms with Gasteiger partial charge in [0.05, 0.1) is 13.7 Å². The van der Waals surface area contributed by atoms with E-state index in [1.807, 2.05) is 30.0 Å². The maximum Gasteiger partial charge on any atom is 0.254 e. The van der Waals surface area contributed by atoms with Crippen LogP contribution in [0.5, 0.6) is 5.75 Å².